The number of likely N-dealkylation sites (N-methyl/N-ethyl adjacent to an activating group) is 1. The summed E-state index contributed by atoms with van der Waals surface area (Å²) in [6.45, 7) is 4.32. The van der Waals surface area contributed by atoms with Gasteiger partial charge in [0.05, 0.1) is 4.92 Å². The van der Waals surface area contributed by atoms with E-state index in [9.17, 15) is 14.9 Å². The number of hydrogen-bond acceptors (Lipinski definition) is 4. The highest BCUT2D eigenvalue weighted by Gasteiger charge is 2.48. The number of nitro groups is 1. The average molecular weight is 327 g/mol. The minimum absolute atomic E-state index is 0.00468. The molecule has 6 nitrogen and oxygen atoms in total. The lowest BCUT2D eigenvalue weighted by molar-refractivity contribution is -0.385. The zero-order valence-corrected chi connectivity index (χ0v) is 14.1. The number of fused-ring (bicyclic) bond motifs is 2. The van der Waals surface area contributed by atoms with Gasteiger partial charge in [-0.1, -0.05) is 6.92 Å². The molecule has 126 valence electrons. The number of hydrogen-bond donors (Lipinski definition) is 1. The lowest BCUT2D eigenvalue weighted by Crippen LogP contribution is -2.53. The molecule has 0 radical (unpaired) electrons. The Balaban J connectivity index is 1.96. The van der Waals surface area contributed by atoms with Crippen LogP contribution in [0, 0.1) is 15.5 Å². The van der Waals surface area contributed by atoms with Crippen LogP contribution in [-0.2, 0) is 11.2 Å². The molecule has 0 amide bonds. The van der Waals surface area contributed by atoms with E-state index in [1.165, 1.54) is 0 Å². The largest absolute Gasteiger partial charge is 0.361 e. The summed E-state index contributed by atoms with van der Waals surface area (Å²) in [4.78, 5) is 29.1. The van der Waals surface area contributed by atoms with E-state index >= 15 is 0 Å². The van der Waals surface area contributed by atoms with Gasteiger partial charge < -0.3 is 9.88 Å². The zero-order valence-electron chi connectivity index (χ0n) is 14.1. The molecule has 0 bridgehead atoms. The Morgan fingerprint density at radius 3 is 2.88 bits per heavy atom. The van der Waals surface area contributed by atoms with Gasteiger partial charge in [-0.3, -0.25) is 14.9 Å². The molecular formula is C18H21N3O3. The maximum absolute atomic E-state index is 12.2. The van der Waals surface area contributed by atoms with Crippen molar-refractivity contribution in [3.8, 4) is 0 Å². The van der Waals surface area contributed by atoms with E-state index in [2.05, 4.69) is 9.88 Å². The monoisotopic (exact) mass is 327 g/mol. The number of carbonyl (C=O) groups is 1. The summed E-state index contributed by atoms with van der Waals surface area (Å²) in [5.41, 5.74) is 2.62. The standard InChI is InChI=1S/C18H21N3O3/c1-10(22)18(2)7-12-15(20(3)9-18)6-11-8-19-13-4-5-14(21(23)24)17(12)16(11)13/h4-5,8,12,15,19H,6-7,9H2,1-3H3/t12-,15+,18-/m0/s1. The summed E-state index contributed by atoms with van der Waals surface area (Å²) in [5, 5.41) is 12.6. The SMILES string of the molecule is CC(=O)[C@@]1(C)C[C@@H]2c3c([N+](=O)[O-])ccc4[nH]cc(c34)C[C@H]2N(C)C1. The van der Waals surface area contributed by atoms with Crippen molar-refractivity contribution in [3.05, 3.63) is 39.6 Å². The molecule has 2 aromatic rings. The zero-order chi connectivity index (χ0) is 17.2. The van der Waals surface area contributed by atoms with Crippen LogP contribution < -0.4 is 0 Å². The van der Waals surface area contributed by atoms with Gasteiger partial charge in [-0.2, -0.15) is 0 Å². The number of aromatic amines is 1. The first-order chi connectivity index (χ1) is 11.3. The first-order valence-electron chi connectivity index (χ1n) is 8.30. The van der Waals surface area contributed by atoms with Crippen molar-refractivity contribution >= 4 is 22.4 Å². The average Bonchev–Trinajstić information content (AvgIpc) is 2.92. The Bertz CT molecular complexity index is 872. The van der Waals surface area contributed by atoms with E-state index in [1.807, 2.05) is 20.2 Å². The number of H-pyrrole nitrogens is 1. The number of rotatable bonds is 2. The van der Waals surface area contributed by atoms with Crippen LogP contribution in [-0.4, -0.2) is 40.2 Å². The molecule has 2 heterocycles. The van der Waals surface area contributed by atoms with Crippen LogP contribution in [0.4, 0.5) is 5.69 Å². The fraction of sp³-hybridized carbons (Fsp3) is 0.500. The van der Waals surface area contributed by atoms with Gasteiger partial charge in [-0.25, -0.2) is 0 Å². The number of ketones is 1. The Labute approximate surface area is 140 Å². The minimum Gasteiger partial charge on any atom is -0.361 e. The third kappa shape index (κ3) is 1.95. The number of nitrogens with one attached hydrogen (secondary N) is 1. The van der Waals surface area contributed by atoms with Gasteiger partial charge in [-0.05, 0) is 38.4 Å². The maximum Gasteiger partial charge on any atom is 0.273 e. The molecule has 0 spiro atoms. The predicted molar refractivity (Wildman–Crippen MR) is 91.2 cm³/mol. The molecule has 1 saturated heterocycles. The van der Waals surface area contributed by atoms with Crippen LogP contribution >= 0.6 is 0 Å². The molecular weight excluding hydrogens is 306 g/mol. The quantitative estimate of drug-likeness (QED) is 0.679. The number of aromatic nitrogens is 1. The van der Waals surface area contributed by atoms with Crippen molar-refractivity contribution in [2.75, 3.05) is 13.6 Å². The van der Waals surface area contributed by atoms with Gasteiger partial charge >= 0.3 is 0 Å². The van der Waals surface area contributed by atoms with Gasteiger partial charge in [-0.15, -0.1) is 0 Å². The summed E-state index contributed by atoms with van der Waals surface area (Å²) in [7, 11) is 2.03. The normalized spacial score (nSPS) is 29.5. The molecule has 0 saturated carbocycles. The Kier molecular flexibility index (Phi) is 3.12. The molecule has 3 atom stereocenters. The maximum atomic E-state index is 12.2. The summed E-state index contributed by atoms with van der Waals surface area (Å²) in [6, 6.07) is 3.59. The van der Waals surface area contributed by atoms with Gasteiger partial charge in [0, 0.05) is 52.6 Å². The molecule has 1 aromatic heterocycles. The van der Waals surface area contributed by atoms with Crippen molar-refractivity contribution in [1.29, 1.82) is 0 Å². The number of nitrogens with zero attached hydrogens (tertiary/aromatic N) is 2. The highest BCUT2D eigenvalue weighted by atomic mass is 16.6. The molecule has 1 N–H and O–H groups in total. The summed E-state index contributed by atoms with van der Waals surface area (Å²) < 4.78 is 0. The fourth-order valence-electron chi connectivity index (χ4n) is 4.74. The molecule has 1 aliphatic heterocycles. The van der Waals surface area contributed by atoms with Gasteiger partial charge in [0.15, 0.2) is 0 Å². The number of nitro benzene ring substituents is 1. The van der Waals surface area contributed by atoms with Crippen LogP contribution in [0.3, 0.4) is 0 Å². The Hall–Kier alpha value is -2.21. The molecule has 24 heavy (non-hydrogen) atoms. The number of carbonyl (C=O) groups excluding carboxylic acids is 1. The molecule has 1 fully saturated rings. The smallest absolute Gasteiger partial charge is 0.273 e. The number of piperidine rings is 1. The lowest BCUT2D eigenvalue weighted by Gasteiger charge is -2.49. The second-order valence-electron chi connectivity index (χ2n) is 7.61. The third-order valence-corrected chi connectivity index (χ3v) is 6.09. The number of benzene rings is 1. The van der Waals surface area contributed by atoms with E-state index in [4.69, 9.17) is 0 Å². The summed E-state index contributed by atoms with van der Waals surface area (Å²) in [6.07, 6.45) is 3.51. The van der Waals surface area contributed by atoms with Crippen LogP contribution in [0.15, 0.2) is 18.3 Å². The van der Waals surface area contributed by atoms with E-state index in [1.54, 1.807) is 19.1 Å². The van der Waals surface area contributed by atoms with Crippen molar-refractivity contribution < 1.29 is 9.72 Å². The van der Waals surface area contributed by atoms with Crippen molar-refractivity contribution in [3.63, 3.8) is 0 Å². The molecule has 0 unspecified atom stereocenters. The summed E-state index contributed by atoms with van der Waals surface area (Å²) in [5.74, 6) is 0.160. The number of Topliss-reactive ketones (excluding diaryl/α,β-unsaturated/α-hetero) is 1. The van der Waals surface area contributed by atoms with Crippen LogP contribution in [0.1, 0.15) is 37.3 Å². The Morgan fingerprint density at radius 1 is 1.46 bits per heavy atom. The fourth-order valence-corrected chi connectivity index (χ4v) is 4.74. The first-order valence-corrected chi connectivity index (χ1v) is 8.30. The van der Waals surface area contributed by atoms with E-state index in [0.29, 0.717) is 13.0 Å². The highest BCUT2D eigenvalue weighted by Crippen LogP contribution is 2.50. The molecule has 1 aliphatic carbocycles. The Morgan fingerprint density at radius 2 is 2.21 bits per heavy atom. The van der Waals surface area contributed by atoms with E-state index < -0.39 is 5.41 Å². The van der Waals surface area contributed by atoms with Crippen LogP contribution in [0.5, 0.6) is 0 Å². The molecule has 6 heteroatoms. The molecule has 1 aromatic carbocycles. The molecule has 4 rings (SSSR count). The van der Waals surface area contributed by atoms with E-state index in [-0.39, 0.29) is 28.4 Å². The highest BCUT2D eigenvalue weighted by molar-refractivity contribution is 5.92. The lowest BCUT2D eigenvalue weighted by atomic mass is 9.65. The van der Waals surface area contributed by atoms with Crippen molar-refractivity contribution in [2.45, 2.75) is 38.6 Å². The van der Waals surface area contributed by atoms with Crippen LogP contribution in [0.2, 0.25) is 0 Å². The second-order valence-corrected chi connectivity index (χ2v) is 7.61. The second kappa shape index (κ2) is 4.89. The van der Waals surface area contributed by atoms with Gasteiger partial charge in [0.2, 0.25) is 0 Å². The predicted octanol–water partition coefficient (Wildman–Crippen LogP) is 3.02. The summed E-state index contributed by atoms with van der Waals surface area (Å²) >= 11 is 0. The molecule has 2 aliphatic rings. The van der Waals surface area contributed by atoms with Crippen molar-refractivity contribution in [2.24, 2.45) is 5.41 Å². The van der Waals surface area contributed by atoms with Gasteiger partial charge in [0.25, 0.3) is 5.69 Å². The number of likely N-dealkylation sites (tertiary alicyclic amines) is 1. The topological polar surface area (TPSA) is 79.2 Å². The van der Waals surface area contributed by atoms with E-state index in [0.717, 1.165) is 28.5 Å². The van der Waals surface area contributed by atoms with Gasteiger partial charge in [0.1, 0.15) is 5.78 Å². The minimum atomic E-state index is -0.459. The third-order valence-electron chi connectivity index (χ3n) is 6.09. The van der Waals surface area contributed by atoms with Crippen molar-refractivity contribution in [1.82, 2.24) is 9.88 Å². The first kappa shape index (κ1) is 15.3. The van der Waals surface area contributed by atoms with Crippen LogP contribution in [0.25, 0.3) is 10.9 Å².